The summed E-state index contributed by atoms with van der Waals surface area (Å²) >= 11 is 0. The molecular formula is C12H20N2O3S. The zero-order valence-corrected chi connectivity index (χ0v) is 11.8. The highest BCUT2D eigenvalue weighted by Crippen LogP contribution is 2.26. The van der Waals surface area contributed by atoms with Gasteiger partial charge in [-0.1, -0.05) is 6.07 Å². The highest BCUT2D eigenvalue weighted by atomic mass is 32.2. The SMILES string of the molecule is CCN(c1cc(O)ccc1C)S(=O)(=O)CCNC. The van der Waals surface area contributed by atoms with Crippen molar-refractivity contribution in [2.75, 3.05) is 30.2 Å². The van der Waals surface area contributed by atoms with Crippen LogP contribution in [0.4, 0.5) is 5.69 Å². The Morgan fingerprint density at radius 3 is 2.61 bits per heavy atom. The number of hydrogen-bond donors (Lipinski definition) is 2. The molecule has 18 heavy (non-hydrogen) atoms. The van der Waals surface area contributed by atoms with E-state index in [4.69, 9.17) is 0 Å². The molecule has 1 aromatic carbocycles. The molecule has 0 atom stereocenters. The van der Waals surface area contributed by atoms with Crippen LogP contribution in [0.1, 0.15) is 12.5 Å². The summed E-state index contributed by atoms with van der Waals surface area (Å²) in [6.45, 7) is 4.35. The first-order valence-electron chi connectivity index (χ1n) is 5.87. The van der Waals surface area contributed by atoms with Gasteiger partial charge in [0.2, 0.25) is 10.0 Å². The zero-order valence-electron chi connectivity index (χ0n) is 11.0. The number of nitrogens with one attached hydrogen (secondary N) is 1. The summed E-state index contributed by atoms with van der Waals surface area (Å²) in [6.07, 6.45) is 0. The molecule has 6 heteroatoms. The van der Waals surface area contributed by atoms with Gasteiger partial charge in [-0.3, -0.25) is 4.31 Å². The molecule has 0 unspecified atom stereocenters. The third-order valence-corrected chi connectivity index (χ3v) is 4.54. The van der Waals surface area contributed by atoms with Crippen molar-refractivity contribution in [3.05, 3.63) is 23.8 Å². The van der Waals surface area contributed by atoms with Gasteiger partial charge in [0.05, 0.1) is 11.4 Å². The van der Waals surface area contributed by atoms with Gasteiger partial charge >= 0.3 is 0 Å². The van der Waals surface area contributed by atoms with Crippen molar-refractivity contribution < 1.29 is 13.5 Å². The number of nitrogens with zero attached hydrogens (tertiary/aromatic N) is 1. The predicted octanol–water partition coefficient (Wildman–Crippen LogP) is 1.08. The number of phenolic OH excluding ortho intramolecular Hbond substituents is 1. The Morgan fingerprint density at radius 2 is 2.06 bits per heavy atom. The summed E-state index contributed by atoms with van der Waals surface area (Å²) in [5, 5.41) is 12.3. The number of rotatable bonds is 6. The Morgan fingerprint density at radius 1 is 1.39 bits per heavy atom. The first-order valence-corrected chi connectivity index (χ1v) is 7.48. The molecule has 0 aliphatic heterocycles. The van der Waals surface area contributed by atoms with E-state index in [1.807, 2.05) is 6.92 Å². The molecule has 0 bridgehead atoms. The molecule has 0 radical (unpaired) electrons. The molecule has 0 fully saturated rings. The molecule has 0 amide bonds. The van der Waals surface area contributed by atoms with Gasteiger partial charge in [-0.15, -0.1) is 0 Å². The second-order valence-corrected chi connectivity index (χ2v) is 6.07. The molecule has 0 aliphatic rings. The fourth-order valence-electron chi connectivity index (χ4n) is 1.72. The highest BCUT2D eigenvalue weighted by molar-refractivity contribution is 7.92. The molecule has 0 spiro atoms. The van der Waals surface area contributed by atoms with E-state index in [2.05, 4.69) is 5.32 Å². The third-order valence-electron chi connectivity index (χ3n) is 2.69. The van der Waals surface area contributed by atoms with E-state index < -0.39 is 10.0 Å². The predicted molar refractivity (Wildman–Crippen MR) is 73.6 cm³/mol. The third kappa shape index (κ3) is 3.36. The maximum atomic E-state index is 12.2. The van der Waals surface area contributed by atoms with Crippen molar-refractivity contribution >= 4 is 15.7 Å². The molecule has 102 valence electrons. The Bertz CT molecular complexity index is 500. The van der Waals surface area contributed by atoms with E-state index in [0.717, 1.165) is 5.56 Å². The second kappa shape index (κ2) is 6.06. The van der Waals surface area contributed by atoms with Gasteiger partial charge in [-0.2, -0.15) is 0 Å². The van der Waals surface area contributed by atoms with Crippen LogP contribution in [0.5, 0.6) is 5.75 Å². The van der Waals surface area contributed by atoms with Gasteiger partial charge in [0.1, 0.15) is 5.75 Å². The largest absolute Gasteiger partial charge is 0.508 e. The Kier molecular flexibility index (Phi) is 4.98. The summed E-state index contributed by atoms with van der Waals surface area (Å²) in [5.41, 5.74) is 1.36. The van der Waals surface area contributed by atoms with Crippen molar-refractivity contribution in [1.82, 2.24) is 5.32 Å². The van der Waals surface area contributed by atoms with Crippen molar-refractivity contribution in [3.8, 4) is 5.75 Å². The molecule has 2 N–H and O–H groups in total. The van der Waals surface area contributed by atoms with Crippen LogP contribution < -0.4 is 9.62 Å². The monoisotopic (exact) mass is 272 g/mol. The van der Waals surface area contributed by atoms with Gasteiger partial charge in [0.25, 0.3) is 0 Å². The number of aryl methyl sites for hydroxylation is 1. The lowest BCUT2D eigenvalue weighted by Crippen LogP contribution is -2.36. The van der Waals surface area contributed by atoms with Crippen LogP contribution >= 0.6 is 0 Å². The summed E-state index contributed by atoms with van der Waals surface area (Å²) in [5.74, 6) is 0.102. The van der Waals surface area contributed by atoms with Crippen LogP contribution in [-0.4, -0.2) is 39.4 Å². The van der Waals surface area contributed by atoms with Crippen LogP contribution in [0.15, 0.2) is 18.2 Å². The van der Waals surface area contributed by atoms with E-state index in [1.165, 1.54) is 10.4 Å². The fourth-order valence-corrected chi connectivity index (χ4v) is 3.30. The van der Waals surface area contributed by atoms with E-state index >= 15 is 0 Å². The molecule has 0 heterocycles. The average molecular weight is 272 g/mol. The minimum Gasteiger partial charge on any atom is -0.508 e. The topological polar surface area (TPSA) is 69.6 Å². The second-order valence-electron chi connectivity index (χ2n) is 4.06. The first-order chi connectivity index (χ1) is 8.42. The highest BCUT2D eigenvalue weighted by Gasteiger charge is 2.22. The molecule has 0 aromatic heterocycles. The van der Waals surface area contributed by atoms with Crippen LogP contribution in [0.3, 0.4) is 0 Å². The number of sulfonamides is 1. The number of benzene rings is 1. The van der Waals surface area contributed by atoms with Gasteiger partial charge in [-0.25, -0.2) is 8.42 Å². The number of aromatic hydroxyl groups is 1. The van der Waals surface area contributed by atoms with Gasteiger partial charge < -0.3 is 10.4 Å². The summed E-state index contributed by atoms with van der Waals surface area (Å²) < 4.78 is 25.7. The van der Waals surface area contributed by atoms with Crippen LogP contribution in [0, 0.1) is 6.92 Å². The summed E-state index contributed by atoms with van der Waals surface area (Å²) in [7, 11) is -1.65. The Hall–Kier alpha value is -1.27. The molecular weight excluding hydrogens is 252 g/mol. The molecule has 1 aromatic rings. The minimum atomic E-state index is -3.37. The normalized spacial score (nSPS) is 11.5. The van der Waals surface area contributed by atoms with Crippen molar-refractivity contribution in [2.24, 2.45) is 0 Å². The quantitative estimate of drug-likeness (QED) is 0.813. The first kappa shape index (κ1) is 14.8. The van der Waals surface area contributed by atoms with E-state index in [-0.39, 0.29) is 11.5 Å². The summed E-state index contributed by atoms with van der Waals surface area (Å²) in [6, 6.07) is 4.74. The zero-order chi connectivity index (χ0) is 13.8. The fraction of sp³-hybridized carbons (Fsp3) is 0.500. The van der Waals surface area contributed by atoms with Crippen LogP contribution in [0.2, 0.25) is 0 Å². The van der Waals surface area contributed by atoms with E-state index in [0.29, 0.717) is 18.8 Å². The lowest BCUT2D eigenvalue weighted by Gasteiger charge is -2.24. The maximum Gasteiger partial charge on any atom is 0.236 e. The van der Waals surface area contributed by atoms with E-state index in [9.17, 15) is 13.5 Å². The smallest absolute Gasteiger partial charge is 0.236 e. The minimum absolute atomic E-state index is 0.0342. The van der Waals surface area contributed by atoms with Crippen LogP contribution in [0.25, 0.3) is 0 Å². The summed E-state index contributed by atoms with van der Waals surface area (Å²) in [4.78, 5) is 0. The maximum absolute atomic E-state index is 12.2. The average Bonchev–Trinajstić information content (AvgIpc) is 2.31. The standard InChI is InChI=1S/C12H20N2O3S/c1-4-14(18(16,17)8-7-13-3)12-9-11(15)6-5-10(12)2/h5-6,9,13,15H,4,7-8H2,1-3H3. The molecule has 0 saturated heterocycles. The Labute approximate surface area is 108 Å². The lowest BCUT2D eigenvalue weighted by atomic mass is 10.2. The van der Waals surface area contributed by atoms with Gasteiger partial charge in [-0.05, 0) is 32.5 Å². The Balaban J connectivity index is 3.13. The van der Waals surface area contributed by atoms with E-state index in [1.54, 1.807) is 26.1 Å². The number of anilines is 1. The lowest BCUT2D eigenvalue weighted by molar-refractivity contribution is 0.475. The molecule has 1 rings (SSSR count). The van der Waals surface area contributed by atoms with Gasteiger partial charge in [0, 0.05) is 19.2 Å². The number of hydrogen-bond acceptors (Lipinski definition) is 4. The molecule has 0 aliphatic carbocycles. The van der Waals surface area contributed by atoms with Crippen molar-refractivity contribution in [2.45, 2.75) is 13.8 Å². The van der Waals surface area contributed by atoms with Crippen molar-refractivity contribution in [3.63, 3.8) is 0 Å². The number of phenols is 1. The van der Waals surface area contributed by atoms with Crippen LogP contribution in [-0.2, 0) is 10.0 Å². The van der Waals surface area contributed by atoms with Crippen molar-refractivity contribution in [1.29, 1.82) is 0 Å². The molecule has 0 saturated carbocycles. The van der Waals surface area contributed by atoms with Gasteiger partial charge in [0.15, 0.2) is 0 Å². The molecule has 5 nitrogen and oxygen atoms in total.